The molecule has 6 nitrogen and oxygen atoms in total. The fourth-order valence-corrected chi connectivity index (χ4v) is 3.99. The molecule has 1 fully saturated rings. The molecule has 1 aromatic carbocycles. The van der Waals surface area contributed by atoms with Crippen LogP contribution >= 0.6 is 12.4 Å². The van der Waals surface area contributed by atoms with Gasteiger partial charge in [-0.2, -0.15) is 0 Å². The highest BCUT2D eigenvalue weighted by Gasteiger charge is 2.28. The Morgan fingerprint density at radius 1 is 1.32 bits per heavy atom. The van der Waals surface area contributed by atoms with E-state index in [1.54, 1.807) is 24.3 Å². The van der Waals surface area contributed by atoms with Gasteiger partial charge in [-0.1, -0.05) is 18.2 Å². The molecule has 0 saturated carbocycles. The summed E-state index contributed by atoms with van der Waals surface area (Å²) in [5, 5.41) is 0. The van der Waals surface area contributed by atoms with E-state index in [1.165, 1.54) is 11.4 Å². The first kappa shape index (κ1) is 18.9. The highest BCUT2D eigenvalue weighted by Crippen LogP contribution is 2.19. The van der Waals surface area contributed by atoms with Gasteiger partial charge in [-0.25, -0.2) is 17.5 Å². The molecule has 1 aliphatic heterocycles. The van der Waals surface area contributed by atoms with Gasteiger partial charge in [0, 0.05) is 19.1 Å². The zero-order chi connectivity index (χ0) is 15.5. The second-order valence-corrected chi connectivity index (χ2v) is 7.11. The van der Waals surface area contributed by atoms with Crippen molar-refractivity contribution in [2.45, 2.75) is 24.6 Å². The molecule has 1 heterocycles. The largest absolute Gasteiger partial charge is 0.465 e. The molecular weight excluding hydrogens is 328 g/mol. The molecule has 124 valence electrons. The Hall–Kier alpha value is -1.15. The van der Waals surface area contributed by atoms with Crippen LogP contribution in [0.3, 0.4) is 0 Å². The number of rotatable bonds is 4. The Balaban J connectivity index is 0.00000242. The molecule has 2 rings (SSSR count). The molecule has 0 spiro atoms. The molecular formula is C14H21ClN2O4S. The second-order valence-electron chi connectivity index (χ2n) is 5.14. The first-order valence-electron chi connectivity index (χ1n) is 6.83. The Morgan fingerprint density at radius 3 is 2.50 bits per heavy atom. The number of hydrogen-bond donors (Lipinski definition) is 1. The van der Waals surface area contributed by atoms with Crippen molar-refractivity contribution in [1.29, 1.82) is 0 Å². The SMILES string of the molecule is COC(=O)c1ccccc1CS(=O)(=O)N1CCC(N)CC1.Cl. The summed E-state index contributed by atoms with van der Waals surface area (Å²) in [6.07, 6.45) is 1.33. The number of nitrogens with zero attached hydrogens (tertiary/aromatic N) is 1. The minimum Gasteiger partial charge on any atom is -0.465 e. The van der Waals surface area contributed by atoms with Gasteiger partial charge in [0.25, 0.3) is 0 Å². The Kier molecular flexibility index (Phi) is 6.80. The predicted octanol–water partition coefficient (Wildman–Crippen LogP) is 1.15. The van der Waals surface area contributed by atoms with Crippen molar-refractivity contribution in [2.75, 3.05) is 20.2 Å². The maximum Gasteiger partial charge on any atom is 0.338 e. The van der Waals surface area contributed by atoms with E-state index in [4.69, 9.17) is 5.73 Å². The molecule has 0 unspecified atom stereocenters. The zero-order valence-electron chi connectivity index (χ0n) is 12.4. The van der Waals surface area contributed by atoms with Crippen LogP contribution in [0.2, 0.25) is 0 Å². The number of esters is 1. The van der Waals surface area contributed by atoms with E-state index in [2.05, 4.69) is 4.74 Å². The predicted molar refractivity (Wildman–Crippen MR) is 86.4 cm³/mol. The van der Waals surface area contributed by atoms with Crippen LogP contribution in [0, 0.1) is 0 Å². The summed E-state index contributed by atoms with van der Waals surface area (Å²) >= 11 is 0. The molecule has 2 N–H and O–H groups in total. The van der Waals surface area contributed by atoms with Crippen molar-refractivity contribution in [3.63, 3.8) is 0 Å². The Morgan fingerprint density at radius 2 is 1.91 bits per heavy atom. The van der Waals surface area contributed by atoms with Gasteiger partial charge in [-0.3, -0.25) is 0 Å². The van der Waals surface area contributed by atoms with Crippen LogP contribution in [0.15, 0.2) is 24.3 Å². The van der Waals surface area contributed by atoms with Crippen molar-refractivity contribution in [3.8, 4) is 0 Å². The standard InChI is InChI=1S/C14H20N2O4S.ClH/c1-20-14(17)13-5-3-2-4-11(13)10-21(18,19)16-8-6-12(15)7-9-16;/h2-5,12H,6-10,15H2,1H3;1H. The van der Waals surface area contributed by atoms with E-state index in [0.717, 1.165) is 0 Å². The number of carbonyl (C=O) groups excluding carboxylic acids is 1. The molecule has 22 heavy (non-hydrogen) atoms. The first-order chi connectivity index (χ1) is 9.94. The van der Waals surface area contributed by atoms with E-state index in [1.807, 2.05) is 0 Å². The molecule has 1 aromatic rings. The number of benzene rings is 1. The first-order valence-corrected chi connectivity index (χ1v) is 8.44. The number of nitrogens with two attached hydrogens (primary N) is 1. The quantitative estimate of drug-likeness (QED) is 0.824. The second kappa shape index (κ2) is 7.92. The van der Waals surface area contributed by atoms with Crippen LogP contribution in [0.1, 0.15) is 28.8 Å². The van der Waals surface area contributed by atoms with E-state index in [-0.39, 0.29) is 29.8 Å². The Labute approximate surface area is 137 Å². The molecule has 0 aromatic heterocycles. The van der Waals surface area contributed by atoms with Gasteiger partial charge in [0.1, 0.15) is 0 Å². The minimum atomic E-state index is -3.45. The number of piperidine rings is 1. The highest BCUT2D eigenvalue weighted by atomic mass is 35.5. The number of carbonyl (C=O) groups is 1. The maximum atomic E-state index is 12.5. The summed E-state index contributed by atoms with van der Waals surface area (Å²) in [6.45, 7) is 0.869. The van der Waals surface area contributed by atoms with Crippen LogP contribution in [-0.4, -0.2) is 44.9 Å². The number of halogens is 1. The van der Waals surface area contributed by atoms with Crippen LogP contribution in [0.25, 0.3) is 0 Å². The van der Waals surface area contributed by atoms with Gasteiger partial charge < -0.3 is 10.5 Å². The average Bonchev–Trinajstić information content (AvgIpc) is 2.47. The van der Waals surface area contributed by atoms with Gasteiger partial charge in [0.2, 0.25) is 10.0 Å². The van der Waals surface area contributed by atoms with Crippen molar-refractivity contribution in [1.82, 2.24) is 4.31 Å². The molecule has 1 aliphatic rings. The minimum absolute atomic E-state index is 0. The van der Waals surface area contributed by atoms with Gasteiger partial charge >= 0.3 is 5.97 Å². The number of hydrogen-bond acceptors (Lipinski definition) is 5. The fourth-order valence-electron chi connectivity index (χ4n) is 2.40. The summed E-state index contributed by atoms with van der Waals surface area (Å²) in [5.41, 5.74) is 6.54. The van der Waals surface area contributed by atoms with E-state index < -0.39 is 16.0 Å². The maximum absolute atomic E-state index is 12.5. The zero-order valence-corrected chi connectivity index (χ0v) is 14.0. The molecule has 8 heteroatoms. The lowest BCUT2D eigenvalue weighted by Gasteiger charge is -2.29. The Bertz CT molecular complexity index is 613. The normalized spacial score (nSPS) is 16.8. The molecule has 0 aliphatic carbocycles. The van der Waals surface area contributed by atoms with Gasteiger partial charge in [0.15, 0.2) is 0 Å². The lowest BCUT2D eigenvalue weighted by molar-refractivity contribution is 0.0600. The topological polar surface area (TPSA) is 89.7 Å². The van der Waals surface area contributed by atoms with Gasteiger partial charge in [0.05, 0.1) is 18.4 Å². The molecule has 0 bridgehead atoms. The highest BCUT2D eigenvalue weighted by molar-refractivity contribution is 7.88. The van der Waals surface area contributed by atoms with Gasteiger partial charge in [-0.05, 0) is 24.5 Å². The van der Waals surface area contributed by atoms with Crippen molar-refractivity contribution in [3.05, 3.63) is 35.4 Å². The lowest BCUT2D eigenvalue weighted by Crippen LogP contribution is -2.43. The summed E-state index contributed by atoms with van der Waals surface area (Å²) in [4.78, 5) is 11.7. The molecule has 0 radical (unpaired) electrons. The molecule has 1 saturated heterocycles. The van der Waals surface area contributed by atoms with Crippen LogP contribution in [-0.2, 0) is 20.5 Å². The van der Waals surface area contributed by atoms with E-state index >= 15 is 0 Å². The third-order valence-electron chi connectivity index (χ3n) is 3.65. The summed E-state index contributed by atoms with van der Waals surface area (Å²) < 4.78 is 31.1. The van der Waals surface area contributed by atoms with Crippen molar-refractivity contribution < 1.29 is 17.9 Å². The van der Waals surface area contributed by atoms with Crippen molar-refractivity contribution >= 4 is 28.4 Å². The third kappa shape index (κ3) is 4.42. The van der Waals surface area contributed by atoms with E-state index in [0.29, 0.717) is 31.5 Å². The number of sulfonamides is 1. The van der Waals surface area contributed by atoms with Crippen LogP contribution in [0.5, 0.6) is 0 Å². The number of methoxy groups -OCH3 is 1. The molecule has 0 amide bonds. The summed E-state index contributed by atoms with van der Waals surface area (Å²) in [6, 6.07) is 6.67. The summed E-state index contributed by atoms with van der Waals surface area (Å²) in [5.74, 6) is -0.727. The van der Waals surface area contributed by atoms with Crippen LogP contribution in [0.4, 0.5) is 0 Å². The number of ether oxygens (including phenoxy) is 1. The van der Waals surface area contributed by atoms with Crippen LogP contribution < -0.4 is 5.73 Å². The monoisotopic (exact) mass is 348 g/mol. The lowest BCUT2D eigenvalue weighted by atomic mass is 10.1. The van der Waals surface area contributed by atoms with Crippen molar-refractivity contribution in [2.24, 2.45) is 5.73 Å². The molecule has 0 atom stereocenters. The fraction of sp³-hybridized carbons (Fsp3) is 0.500. The smallest absolute Gasteiger partial charge is 0.338 e. The third-order valence-corrected chi connectivity index (χ3v) is 5.48. The average molecular weight is 349 g/mol. The van der Waals surface area contributed by atoms with E-state index in [9.17, 15) is 13.2 Å². The van der Waals surface area contributed by atoms with Gasteiger partial charge in [-0.15, -0.1) is 12.4 Å². The summed E-state index contributed by atoms with van der Waals surface area (Å²) in [7, 11) is -2.18.